The molecule has 3 rings (SSSR count). The highest BCUT2D eigenvalue weighted by Gasteiger charge is 2.50. The number of rotatable bonds is 5. The van der Waals surface area contributed by atoms with Gasteiger partial charge in [-0.1, -0.05) is 29.8 Å². The summed E-state index contributed by atoms with van der Waals surface area (Å²) in [5.41, 5.74) is 0.771. The molecule has 0 unspecified atom stereocenters. The lowest BCUT2D eigenvalue weighted by molar-refractivity contribution is -0.125. The first-order valence-electron chi connectivity index (χ1n) is 9.05. The average molecular weight is 394 g/mol. The molecule has 2 heterocycles. The Bertz CT molecular complexity index is 564. The topological polar surface area (TPSA) is 35.6 Å². The lowest BCUT2D eigenvalue weighted by Crippen LogP contribution is -2.56. The third kappa shape index (κ3) is 3.62. The summed E-state index contributed by atoms with van der Waals surface area (Å²) in [6, 6.07) is 8.29. The van der Waals surface area contributed by atoms with Crippen LogP contribution in [0.4, 0.5) is 5.69 Å². The molecule has 0 saturated carbocycles. The molecule has 24 heavy (non-hydrogen) atoms. The van der Waals surface area contributed by atoms with E-state index in [-0.39, 0.29) is 11.4 Å². The maximum atomic E-state index is 12.6. The molecule has 4 nitrogen and oxygen atoms in total. The number of amides is 1. The molecule has 2 aliphatic rings. The van der Waals surface area contributed by atoms with E-state index in [0.29, 0.717) is 6.67 Å². The highest BCUT2D eigenvalue weighted by Crippen LogP contribution is 2.36. The van der Waals surface area contributed by atoms with Gasteiger partial charge in [-0.3, -0.25) is 4.79 Å². The number of carbonyl (C=O) groups excluding carboxylic acids is 1. The summed E-state index contributed by atoms with van der Waals surface area (Å²) in [6.07, 6.45) is 4.37. The van der Waals surface area contributed by atoms with E-state index in [1.54, 1.807) is 0 Å². The Hall–Kier alpha value is -1.07. The van der Waals surface area contributed by atoms with Gasteiger partial charge in [-0.05, 0) is 62.4 Å². The molecule has 0 radical (unpaired) electrons. The molecule has 1 aromatic carbocycles. The molecule has 2 aliphatic heterocycles. The summed E-state index contributed by atoms with van der Waals surface area (Å²) in [4.78, 5) is 17.4. The number of hydrogen-bond donors (Lipinski definition) is 1. The van der Waals surface area contributed by atoms with Crippen molar-refractivity contribution in [2.24, 2.45) is 5.92 Å². The smallest absolute Gasteiger partial charge is 0.247 e. The number of nitrogens with one attached hydrogen (secondary N) is 1. The van der Waals surface area contributed by atoms with Crippen LogP contribution in [0.2, 0.25) is 0 Å². The molecule has 5 heteroatoms. The fraction of sp³-hybridized carbons (Fsp3) is 0.632. The Labute approximate surface area is 153 Å². The third-order valence-electron chi connectivity index (χ3n) is 5.41. The predicted molar refractivity (Wildman–Crippen MR) is 102 cm³/mol. The highest BCUT2D eigenvalue weighted by molar-refractivity contribution is 9.10. The molecule has 0 aromatic heterocycles. The van der Waals surface area contributed by atoms with Crippen LogP contribution in [-0.4, -0.2) is 42.6 Å². The summed E-state index contributed by atoms with van der Waals surface area (Å²) < 4.78 is 1.07. The van der Waals surface area contributed by atoms with Crippen molar-refractivity contribution in [2.45, 2.75) is 45.1 Å². The number of carbonyl (C=O) groups is 1. The average Bonchev–Trinajstić information content (AvgIpc) is 2.87. The number of anilines is 1. The lowest BCUT2D eigenvalue weighted by Gasteiger charge is -2.43. The molecule has 0 aliphatic carbocycles. The van der Waals surface area contributed by atoms with Gasteiger partial charge in [-0.15, -0.1) is 0 Å². The first-order valence-corrected chi connectivity index (χ1v) is 9.84. The van der Waals surface area contributed by atoms with Crippen molar-refractivity contribution in [3.8, 4) is 0 Å². The number of piperidine rings is 1. The monoisotopic (exact) mass is 393 g/mol. The first kappa shape index (κ1) is 17.7. The van der Waals surface area contributed by atoms with E-state index in [4.69, 9.17) is 0 Å². The van der Waals surface area contributed by atoms with Gasteiger partial charge in [0.1, 0.15) is 5.54 Å². The van der Waals surface area contributed by atoms with E-state index in [0.717, 1.165) is 48.6 Å². The van der Waals surface area contributed by atoms with Gasteiger partial charge in [0.25, 0.3) is 0 Å². The zero-order chi connectivity index (χ0) is 17.2. The molecule has 2 fully saturated rings. The second-order valence-corrected chi connectivity index (χ2v) is 8.39. The molecule has 1 aromatic rings. The van der Waals surface area contributed by atoms with Gasteiger partial charge in [-0.25, -0.2) is 0 Å². The van der Waals surface area contributed by atoms with E-state index in [2.05, 4.69) is 57.0 Å². The van der Waals surface area contributed by atoms with Crippen LogP contribution in [0.15, 0.2) is 28.7 Å². The molecule has 132 valence electrons. The summed E-state index contributed by atoms with van der Waals surface area (Å²) >= 11 is 3.49. The zero-order valence-electron chi connectivity index (χ0n) is 14.7. The molecule has 0 bridgehead atoms. The second-order valence-electron chi connectivity index (χ2n) is 7.48. The number of halogens is 1. The fourth-order valence-corrected chi connectivity index (χ4v) is 4.18. The van der Waals surface area contributed by atoms with Gasteiger partial charge in [0.05, 0.1) is 6.67 Å². The van der Waals surface area contributed by atoms with Crippen molar-refractivity contribution in [2.75, 3.05) is 31.2 Å². The summed E-state index contributed by atoms with van der Waals surface area (Å²) in [5, 5.41) is 3.07. The fourth-order valence-electron chi connectivity index (χ4n) is 3.92. The molecule has 1 spiro atoms. The Balaban J connectivity index is 1.65. The molecular weight excluding hydrogens is 366 g/mol. The maximum Gasteiger partial charge on any atom is 0.247 e. The number of likely N-dealkylation sites (tertiary alicyclic amines) is 1. The number of nitrogens with zero attached hydrogens (tertiary/aromatic N) is 2. The van der Waals surface area contributed by atoms with Gasteiger partial charge in [0, 0.05) is 23.2 Å². The van der Waals surface area contributed by atoms with Crippen LogP contribution < -0.4 is 10.2 Å². The van der Waals surface area contributed by atoms with E-state index < -0.39 is 0 Å². The standard InChI is InChI=1S/C19H28BrN3O/c1-15(2)4-3-11-22-12-9-19(10-13-22)18(24)21-14-23(19)17-7-5-16(20)6-8-17/h5-8,15H,3-4,9-14H2,1-2H3,(H,21,24). The van der Waals surface area contributed by atoms with Crippen LogP contribution in [0.1, 0.15) is 39.5 Å². The quantitative estimate of drug-likeness (QED) is 0.829. The Morgan fingerprint density at radius 3 is 2.50 bits per heavy atom. The lowest BCUT2D eigenvalue weighted by atomic mass is 9.85. The van der Waals surface area contributed by atoms with Crippen molar-refractivity contribution in [1.82, 2.24) is 10.2 Å². The van der Waals surface area contributed by atoms with Crippen molar-refractivity contribution in [1.29, 1.82) is 0 Å². The molecular formula is C19H28BrN3O. The van der Waals surface area contributed by atoms with Crippen molar-refractivity contribution in [3.63, 3.8) is 0 Å². The first-order chi connectivity index (χ1) is 11.5. The van der Waals surface area contributed by atoms with Crippen LogP contribution in [0, 0.1) is 5.92 Å². The van der Waals surface area contributed by atoms with Gasteiger partial charge < -0.3 is 15.1 Å². The second kappa shape index (κ2) is 7.44. The normalized spacial score (nSPS) is 20.8. The van der Waals surface area contributed by atoms with Crippen LogP contribution in [0.3, 0.4) is 0 Å². The van der Waals surface area contributed by atoms with Gasteiger partial charge in [0.15, 0.2) is 0 Å². The van der Waals surface area contributed by atoms with Crippen LogP contribution in [0.5, 0.6) is 0 Å². The highest BCUT2D eigenvalue weighted by atomic mass is 79.9. The third-order valence-corrected chi connectivity index (χ3v) is 5.94. The van der Waals surface area contributed by atoms with Crippen molar-refractivity contribution < 1.29 is 4.79 Å². The predicted octanol–water partition coefficient (Wildman–Crippen LogP) is 3.61. The zero-order valence-corrected chi connectivity index (χ0v) is 16.3. The van der Waals surface area contributed by atoms with E-state index >= 15 is 0 Å². The van der Waals surface area contributed by atoms with Gasteiger partial charge in [-0.2, -0.15) is 0 Å². The SMILES string of the molecule is CC(C)CCCN1CCC2(CC1)C(=O)NCN2c1ccc(Br)cc1. The van der Waals surface area contributed by atoms with E-state index in [9.17, 15) is 4.79 Å². The van der Waals surface area contributed by atoms with Crippen LogP contribution in [-0.2, 0) is 4.79 Å². The van der Waals surface area contributed by atoms with Gasteiger partial charge >= 0.3 is 0 Å². The molecule has 1 amide bonds. The minimum absolute atomic E-state index is 0.201. The summed E-state index contributed by atoms with van der Waals surface area (Å²) in [6.45, 7) is 8.37. The summed E-state index contributed by atoms with van der Waals surface area (Å²) in [7, 11) is 0. The minimum atomic E-state index is -0.359. The van der Waals surface area contributed by atoms with E-state index in [1.165, 1.54) is 12.8 Å². The largest absolute Gasteiger partial charge is 0.339 e. The number of benzene rings is 1. The minimum Gasteiger partial charge on any atom is -0.339 e. The molecule has 0 atom stereocenters. The van der Waals surface area contributed by atoms with Crippen molar-refractivity contribution in [3.05, 3.63) is 28.7 Å². The summed E-state index contributed by atoms with van der Waals surface area (Å²) in [5.74, 6) is 0.974. The van der Waals surface area contributed by atoms with E-state index in [1.807, 2.05) is 12.1 Å². The molecule has 1 N–H and O–H groups in total. The van der Waals surface area contributed by atoms with Crippen molar-refractivity contribution >= 4 is 27.5 Å². The maximum absolute atomic E-state index is 12.6. The van der Waals surface area contributed by atoms with Gasteiger partial charge in [0.2, 0.25) is 5.91 Å². The Morgan fingerprint density at radius 1 is 1.21 bits per heavy atom. The number of hydrogen-bond acceptors (Lipinski definition) is 3. The Morgan fingerprint density at radius 2 is 1.88 bits per heavy atom. The molecule has 2 saturated heterocycles. The Kier molecular flexibility index (Phi) is 5.50. The van der Waals surface area contributed by atoms with Crippen LogP contribution in [0.25, 0.3) is 0 Å². The van der Waals surface area contributed by atoms with Crippen LogP contribution >= 0.6 is 15.9 Å².